The van der Waals surface area contributed by atoms with E-state index in [1.807, 2.05) is 0 Å². The van der Waals surface area contributed by atoms with E-state index in [0.29, 0.717) is 10.2 Å². The quantitative estimate of drug-likeness (QED) is 0.434. The number of hydrogen-bond acceptors (Lipinski definition) is 8. The average Bonchev–Trinajstić information content (AvgIpc) is 3.40. The second-order valence-electron chi connectivity index (χ2n) is 6.52. The molecule has 154 valence electrons. The fourth-order valence-electron chi connectivity index (χ4n) is 2.96. The molecule has 7 nitrogen and oxygen atoms in total. The summed E-state index contributed by atoms with van der Waals surface area (Å²) in [5.41, 5.74) is -0.917. The minimum absolute atomic E-state index is 0.0294. The van der Waals surface area contributed by atoms with Crippen molar-refractivity contribution in [1.29, 1.82) is 0 Å². The summed E-state index contributed by atoms with van der Waals surface area (Å²) in [6, 6.07) is 6.73. The molecule has 0 unspecified atom stereocenters. The van der Waals surface area contributed by atoms with E-state index in [2.05, 4.69) is 24.4 Å². The van der Waals surface area contributed by atoms with Gasteiger partial charge in [-0.2, -0.15) is 9.47 Å². The van der Waals surface area contributed by atoms with Crippen molar-refractivity contribution in [3.05, 3.63) is 72.6 Å². The fraction of sp³-hybridized carbons (Fsp3) is 0.211. The average molecular weight is 447 g/mol. The van der Waals surface area contributed by atoms with Crippen LogP contribution < -0.4 is 0 Å². The lowest BCUT2D eigenvalue weighted by atomic mass is 9.90. The molecule has 0 fully saturated rings. The zero-order valence-electron chi connectivity index (χ0n) is 15.7. The number of aliphatic hydroxyl groups is 1. The molecule has 0 amide bonds. The van der Waals surface area contributed by atoms with E-state index >= 15 is 0 Å². The Morgan fingerprint density at radius 2 is 2.00 bits per heavy atom. The Labute approximate surface area is 179 Å². The first kappa shape index (κ1) is 20.5. The molecular weight excluding hydrogens is 430 g/mol. The van der Waals surface area contributed by atoms with Gasteiger partial charge in [-0.3, -0.25) is 4.98 Å². The maximum atomic E-state index is 14.6. The third-order valence-corrected chi connectivity index (χ3v) is 6.62. The number of rotatable bonds is 7. The van der Waals surface area contributed by atoms with Crippen molar-refractivity contribution in [3.63, 3.8) is 0 Å². The summed E-state index contributed by atoms with van der Waals surface area (Å²) in [6.45, 7) is 1.68. The van der Waals surface area contributed by atoms with E-state index in [9.17, 15) is 13.9 Å². The van der Waals surface area contributed by atoms with Gasteiger partial charge in [0.25, 0.3) is 0 Å². The zero-order valence-corrected chi connectivity index (χ0v) is 17.3. The summed E-state index contributed by atoms with van der Waals surface area (Å²) >= 11 is 2.43. The van der Waals surface area contributed by atoms with E-state index in [1.165, 1.54) is 46.7 Å². The number of halogens is 2. The zero-order chi connectivity index (χ0) is 21.1. The van der Waals surface area contributed by atoms with Crippen molar-refractivity contribution >= 4 is 23.3 Å². The van der Waals surface area contributed by atoms with Crippen molar-refractivity contribution in [3.8, 4) is 11.4 Å². The molecule has 0 spiro atoms. The smallest absolute Gasteiger partial charge is 0.174 e. The molecule has 3 aromatic heterocycles. The third kappa shape index (κ3) is 4.23. The van der Waals surface area contributed by atoms with Crippen LogP contribution in [0.3, 0.4) is 0 Å². The molecule has 3 heterocycles. The molecule has 4 aromatic rings. The van der Waals surface area contributed by atoms with Crippen LogP contribution in [0.15, 0.2) is 59.7 Å². The van der Waals surface area contributed by atoms with Gasteiger partial charge in [-0.05, 0) is 36.7 Å². The van der Waals surface area contributed by atoms with Gasteiger partial charge in [-0.1, -0.05) is 17.8 Å². The number of benzene rings is 1. The summed E-state index contributed by atoms with van der Waals surface area (Å²) < 4.78 is 34.4. The van der Waals surface area contributed by atoms with Crippen molar-refractivity contribution in [2.75, 3.05) is 0 Å². The fourth-order valence-corrected chi connectivity index (χ4v) is 4.95. The van der Waals surface area contributed by atoms with Crippen molar-refractivity contribution in [2.45, 2.75) is 28.7 Å². The second kappa shape index (κ2) is 8.54. The topological polar surface area (TPSA) is 89.6 Å². The van der Waals surface area contributed by atoms with E-state index < -0.39 is 22.5 Å². The summed E-state index contributed by atoms with van der Waals surface area (Å²) in [6.07, 6.45) is 6.06. The number of pyridine rings is 1. The molecule has 2 atom stereocenters. The highest BCUT2D eigenvalue weighted by molar-refractivity contribution is 8.01. The molecule has 0 aliphatic heterocycles. The number of thioether (sulfide) groups is 1. The maximum absolute atomic E-state index is 14.6. The van der Waals surface area contributed by atoms with Gasteiger partial charge in [0.1, 0.15) is 29.9 Å². The first-order valence-corrected chi connectivity index (χ1v) is 10.5. The minimum Gasteiger partial charge on any atom is -0.382 e. The van der Waals surface area contributed by atoms with Gasteiger partial charge in [-0.15, -0.1) is 0 Å². The highest BCUT2D eigenvalue weighted by Gasteiger charge is 2.40. The number of nitrogens with zero attached hydrogens (tertiary/aromatic N) is 6. The van der Waals surface area contributed by atoms with E-state index in [-0.39, 0.29) is 12.1 Å². The SMILES string of the molecule is C[C@@H](Sc1nc(-c2ccncc2)ns1)[C@](O)(Cn1cncn1)c1ccc(F)cc1F. The Morgan fingerprint density at radius 1 is 1.20 bits per heavy atom. The monoisotopic (exact) mass is 446 g/mol. The van der Waals surface area contributed by atoms with Crippen LogP contribution in [0.5, 0.6) is 0 Å². The van der Waals surface area contributed by atoms with Gasteiger partial charge in [0, 0.05) is 34.8 Å². The number of hydrogen-bond donors (Lipinski definition) is 1. The Balaban J connectivity index is 1.64. The van der Waals surface area contributed by atoms with Gasteiger partial charge in [0.2, 0.25) is 0 Å². The van der Waals surface area contributed by atoms with Crippen molar-refractivity contribution in [1.82, 2.24) is 29.1 Å². The molecule has 0 bridgehead atoms. The van der Waals surface area contributed by atoms with Crippen LogP contribution in [0.4, 0.5) is 8.78 Å². The second-order valence-corrected chi connectivity index (χ2v) is 8.86. The lowest BCUT2D eigenvalue weighted by molar-refractivity contribution is 0.0133. The van der Waals surface area contributed by atoms with Crippen LogP contribution in [-0.4, -0.2) is 39.5 Å². The maximum Gasteiger partial charge on any atom is 0.174 e. The van der Waals surface area contributed by atoms with E-state index in [4.69, 9.17) is 0 Å². The summed E-state index contributed by atoms with van der Waals surface area (Å²) in [4.78, 5) is 12.4. The lowest BCUT2D eigenvalue weighted by Crippen LogP contribution is -2.41. The first-order valence-electron chi connectivity index (χ1n) is 8.87. The largest absolute Gasteiger partial charge is 0.382 e. The molecule has 0 saturated heterocycles. The van der Waals surface area contributed by atoms with Gasteiger partial charge in [0.15, 0.2) is 10.2 Å². The molecule has 11 heteroatoms. The molecule has 30 heavy (non-hydrogen) atoms. The van der Waals surface area contributed by atoms with Crippen molar-refractivity contribution in [2.24, 2.45) is 0 Å². The van der Waals surface area contributed by atoms with Crippen LogP contribution in [0.1, 0.15) is 12.5 Å². The molecule has 0 aliphatic rings. The third-order valence-electron chi connectivity index (χ3n) is 4.56. The Hall–Kier alpha value is -2.76. The van der Waals surface area contributed by atoms with E-state index in [0.717, 1.165) is 17.7 Å². The molecule has 0 aliphatic carbocycles. The molecule has 1 N–H and O–H groups in total. The van der Waals surface area contributed by atoms with Crippen LogP contribution >= 0.6 is 23.3 Å². The summed E-state index contributed by atoms with van der Waals surface area (Å²) in [5, 5.41) is 15.0. The van der Waals surface area contributed by atoms with E-state index in [1.54, 1.807) is 31.5 Å². The van der Waals surface area contributed by atoms with Crippen molar-refractivity contribution < 1.29 is 13.9 Å². The predicted octanol–water partition coefficient (Wildman–Crippen LogP) is 3.54. The molecule has 0 saturated carbocycles. The highest BCUT2D eigenvalue weighted by Crippen LogP contribution is 2.40. The standard InChI is InChI=1S/C19H16F2N6OS2/c1-12(29-18-25-17(26-30-18)13-4-6-22-7-5-13)19(28,9-27-11-23-10-24-27)15-3-2-14(20)8-16(15)21/h2-8,10-12,28H,9H2,1H3/t12-,19-/m1/s1. The molecule has 4 rings (SSSR count). The Bertz CT molecular complexity index is 1130. The predicted molar refractivity (Wildman–Crippen MR) is 109 cm³/mol. The van der Waals surface area contributed by atoms with Crippen LogP contribution in [0, 0.1) is 11.6 Å². The lowest BCUT2D eigenvalue weighted by Gasteiger charge is -2.33. The molecular formula is C19H16F2N6OS2. The van der Waals surface area contributed by atoms with Crippen LogP contribution in [-0.2, 0) is 12.1 Å². The Morgan fingerprint density at radius 3 is 2.70 bits per heavy atom. The van der Waals surface area contributed by atoms with Gasteiger partial charge >= 0.3 is 0 Å². The van der Waals surface area contributed by atoms with Crippen LogP contribution in [0.25, 0.3) is 11.4 Å². The minimum atomic E-state index is -1.71. The van der Waals surface area contributed by atoms with Crippen LogP contribution in [0.2, 0.25) is 0 Å². The first-order chi connectivity index (χ1) is 14.5. The number of aromatic nitrogens is 6. The summed E-state index contributed by atoms with van der Waals surface area (Å²) in [5.74, 6) is -1.00. The summed E-state index contributed by atoms with van der Waals surface area (Å²) in [7, 11) is 0. The molecule has 0 radical (unpaired) electrons. The Kier molecular flexibility index (Phi) is 5.84. The van der Waals surface area contributed by atoms with Gasteiger partial charge in [-0.25, -0.2) is 23.4 Å². The van der Waals surface area contributed by atoms with Gasteiger partial charge in [0.05, 0.1) is 6.54 Å². The molecule has 1 aromatic carbocycles. The van der Waals surface area contributed by atoms with Gasteiger partial charge < -0.3 is 5.11 Å². The highest BCUT2D eigenvalue weighted by atomic mass is 32.2. The normalized spacial score (nSPS) is 14.4.